The first-order valence-electron chi connectivity index (χ1n) is 38.5. The molecule has 0 bridgehead atoms. The zero-order valence-electron chi connectivity index (χ0n) is 64.0. The third kappa shape index (κ3) is 18.4. The summed E-state index contributed by atoms with van der Waals surface area (Å²) >= 11 is 0. The van der Waals surface area contributed by atoms with Crippen molar-refractivity contribution in [2.24, 2.45) is 0 Å². The highest BCUT2D eigenvalue weighted by Crippen LogP contribution is 2.60. The van der Waals surface area contributed by atoms with Crippen LogP contribution in [0.1, 0.15) is 242 Å². The third-order valence-corrected chi connectivity index (χ3v) is 19.0. The number of methoxy groups -OCH3 is 3. The Kier molecular flexibility index (Phi) is 28.7. The minimum atomic E-state index is -0.647. The van der Waals surface area contributed by atoms with Crippen molar-refractivity contribution in [3.05, 3.63) is 123 Å². The summed E-state index contributed by atoms with van der Waals surface area (Å²) in [4.78, 5) is 44.8. The van der Waals surface area contributed by atoms with Gasteiger partial charge in [-0.1, -0.05) is 120 Å². The van der Waals surface area contributed by atoms with E-state index >= 15 is 0 Å². The molecule has 0 aromatic heterocycles. The molecular weight excluding hydrogens is 1330 g/mol. The van der Waals surface area contributed by atoms with E-state index < -0.39 is 17.9 Å². The average molecular weight is 1440 g/mol. The molecule has 105 heavy (non-hydrogen) atoms. The zero-order chi connectivity index (χ0) is 74.4. The Morgan fingerprint density at radius 2 is 0.457 bits per heavy atom. The molecule has 0 spiro atoms. The summed E-state index contributed by atoms with van der Waals surface area (Å²) in [6, 6.07) is 21.6. The van der Waals surface area contributed by atoms with E-state index in [0.717, 1.165) is 182 Å². The Morgan fingerprint density at radius 1 is 0.257 bits per heavy atom. The average Bonchev–Trinajstić information content (AvgIpc) is 1.53. The molecule has 10 rings (SSSR count). The predicted molar refractivity (Wildman–Crippen MR) is 409 cm³/mol. The molecule has 18 nitrogen and oxygen atoms in total. The lowest BCUT2D eigenvalue weighted by Crippen LogP contribution is -2.12. The van der Waals surface area contributed by atoms with Gasteiger partial charge >= 0.3 is 17.9 Å². The molecular formula is C87H108O18. The van der Waals surface area contributed by atoms with Gasteiger partial charge in [0.25, 0.3) is 0 Å². The van der Waals surface area contributed by atoms with Crippen LogP contribution in [0.3, 0.4) is 0 Å². The van der Waals surface area contributed by atoms with Crippen molar-refractivity contribution >= 4 is 17.9 Å². The van der Waals surface area contributed by atoms with E-state index in [0.29, 0.717) is 148 Å². The first-order chi connectivity index (χ1) is 51.3. The van der Waals surface area contributed by atoms with Crippen molar-refractivity contribution in [2.45, 2.75) is 197 Å². The van der Waals surface area contributed by atoms with E-state index in [1.165, 1.54) is 0 Å². The van der Waals surface area contributed by atoms with E-state index in [-0.39, 0.29) is 33.9 Å². The number of hydrogen-bond donors (Lipinski definition) is 0. The van der Waals surface area contributed by atoms with Gasteiger partial charge in [0, 0.05) is 0 Å². The van der Waals surface area contributed by atoms with Crippen molar-refractivity contribution in [3.63, 3.8) is 0 Å². The summed E-state index contributed by atoms with van der Waals surface area (Å²) < 4.78 is 95.3. The molecule has 0 N–H and O–H groups in total. The van der Waals surface area contributed by atoms with Crippen molar-refractivity contribution in [1.82, 2.24) is 0 Å². The first kappa shape index (κ1) is 78.1. The van der Waals surface area contributed by atoms with Gasteiger partial charge in [0.05, 0.1) is 97.5 Å². The van der Waals surface area contributed by atoms with Gasteiger partial charge in [-0.05, 0) is 217 Å². The topological polar surface area (TPSA) is 190 Å². The molecule has 0 unspecified atom stereocenters. The zero-order valence-corrected chi connectivity index (χ0v) is 64.0. The predicted octanol–water partition coefficient (Wildman–Crippen LogP) is 20.7. The minimum absolute atomic E-state index is 0.205. The van der Waals surface area contributed by atoms with Gasteiger partial charge in [-0.15, -0.1) is 0 Å². The van der Waals surface area contributed by atoms with Gasteiger partial charge in [-0.2, -0.15) is 0 Å². The van der Waals surface area contributed by atoms with Crippen LogP contribution in [0.15, 0.2) is 72.8 Å². The molecule has 0 amide bonds. The Labute approximate surface area is 620 Å². The molecule has 7 aromatic carbocycles. The molecule has 0 atom stereocenters. The normalized spacial score (nSPS) is 11.9. The van der Waals surface area contributed by atoms with Crippen LogP contribution in [0.4, 0.5) is 0 Å². The van der Waals surface area contributed by atoms with Gasteiger partial charge in [0.2, 0.25) is 17.2 Å². The number of carbonyl (C=O) groups excluding carboxylic acids is 3. The standard InChI is InChI=1S/C87H108O18/c1-13-22-31-94-73-46-58(47-74(95-32-23-14-2)82(73)100-37-28-19-7)85(88)103-70-52-61-55(43-67(70)91-10)40-64-79(61)65-41-56-44-68(92-11)71(104-86(89)59-48-75(96-33-24-15-3)83(101-38-29-20-8)76(49-59)97-34-25-16-4)53-62(56)81(65)66-42-57-45-69(93-12)72(54-63(57)80(64)66)105-87(90)60-50-77(98-35-26-17-5)84(102-39-30-21-9)78(51-60)99-36-27-18-6/h43-54H,13-42H2,1-12H3. The van der Waals surface area contributed by atoms with Crippen LogP contribution < -0.4 is 71.1 Å². The quantitative estimate of drug-likeness (QED) is 0.0199. The summed E-state index contributed by atoms with van der Waals surface area (Å²) in [7, 11) is 4.69. The van der Waals surface area contributed by atoms with Gasteiger partial charge in [0.1, 0.15) is 0 Å². The van der Waals surface area contributed by atoms with Crippen LogP contribution in [0.2, 0.25) is 0 Å². The number of esters is 3. The van der Waals surface area contributed by atoms with Crippen molar-refractivity contribution in [1.29, 1.82) is 0 Å². The van der Waals surface area contributed by atoms with Crippen molar-refractivity contribution < 1.29 is 85.4 Å². The summed E-state index contributed by atoms with van der Waals surface area (Å²) in [5, 5.41) is 0. The molecule has 0 radical (unpaired) electrons. The van der Waals surface area contributed by atoms with Crippen LogP contribution in [-0.2, 0) is 19.3 Å². The van der Waals surface area contributed by atoms with Gasteiger partial charge in [0.15, 0.2) is 69.0 Å². The number of rotatable bonds is 45. The van der Waals surface area contributed by atoms with E-state index in [4.69, 9.17) is 71.1 Å². The smallest absolute Gasteiger partial charge is 0.343 e. The van der Waals surface area contributed by atoms with Crippen LogP contribution >= 0.6 is 0 Å². The minimum Gasteiger partial charge on any atom is -0.493 e. The molecule has 0 fully saturated rings. The summed E-state index contributed by atoms with van der Waals surface area (Å²) in [5.74, 6) is 3.53. The molecule has 0 aliphatic heterocycles. The second-order valence-electron chi connectivity index (χ2n) is 27.0. The van der Waals surface area contributed by atoms with E-state index in [2.05, 4.69) is 62.3 Å². The number of carbonyl (C=O) groups is 3. The number of benzene rings is 7. The summed E-state index contributed by atoms with van der Waals surface area (Å²) in [6.45, 7) is 22.7. The second-order valence-corrected chi connectivity index (χ2v) is 27.0. The van der Waals surface area contributed by atoms with Crippen LogP contribution in [0.25, 0.3) is 33.4 Å². The van der Waals surface area contributed by atoms with Crippen LogP contribution in [-0.4, -0.2) is 98.7 Å². The molecule has 0 heterocycles. The maximum atomic E-state index is 14.9. The van der Waals surface area contributed by atoms with Gasteiger partial charge in [-0.3, -0.25) is 0 Å². The molecule has 0 saturated heterocycles. The summed E-state index contributed by atoms with van der Waals surface area (Å²) in [5.41, 5.74) is 11.9. The fourth-order valence-corrected chi connectivity index (χ4v) is 13.2. The van der Waals surface area contributed by atoms with Crippen molar-refractivity contribution in [2.75, 3.05) is 80.8 Å². The number of fused-ring (bicyclic) bond motifs is 12. The highest BCUT2D eigenvalue weighted by Gasteiger charge is 2.40. The van der Waals surface area contributed by atoms with Crippen LogP contribution in [0.5, 0.6) is 86.2 Å². The Bertz CT molecular complexity index is 3620. The fraction of sp³-hybridized carbons (Fsp3) is 0.483. The molecule has 564 valence electrons. The number of ether oxygens (including phenoxy) is 15. The SMILES string of the molecule is CCCCOc1cc(C(=O)Oc2cc3c(cc2OC)Cc2c-3c3c(c4c2-c2cc(OC(=O)c5cc(OCCCC)c(OCCCC)c(OCCCC)c5)c(OC)cc2C4)-c2cc(OC(=O)c4cc(OCCCC)c(OCCCC)c(OCCCC)c4)c(OC)cc2C3)cc(OCCCC)c1OCCCC. The Morgan fingerprint density at radius 3 is 0.648 bits per heavy atom. The number of unbranched alkanes of at least 4 members (excludes halogenated alkanes) is 9. The molecule has 18 heteroatoms. The summed E-state index contributed by atoms with van der Waals surface area (Å²) in [6.07, 6.45) is 16.9. The highest BCUT2D eigenvalue weighted by molar-refractivity contribution is 6.03. The first-order valence-corrected chi connectivity index (χ1v) is 38.5. The molecule has 0 saturated carbocycles. The highest BCUT2D eigenvalue weighted by atomic mass is 16.6. The second kappa shape index (κ2) is 38.5. The van der Waals surface area contributed by atoms with Crippen LogP contribution in [0, 0.1) is 0 Å². The fourth-order valence-electron chi connectivity index (χ4n) is 13.2. The lowest BCUT2D eigenvalue weighted by molar-refractivity contribution is 0.0719. The van der Waals surface area contributed by atoms with Crippen molar-refractivity contribution in [3.8, 4) is 120 Å². The lowest BCUT2D eigenvalue weighted by atomic mass is 9.86. The largest absolute Gasteiger partial charge is 0.493 e. The molecule has 7 aromatic rings. The van der Waals surface area contributed by atoms with Gasteiger partial charge < -0.3 is 71.1 Å². The molecule has 3 aliphatic carbocycles. The Balaban J connectivity index is 1.11. The number of hydrogen-bond acceptors (Lipinski definition) is 18. The van der Waals surface area contributed by atoms with E-state index in [9.17, 15) is 14.4 Å². The monoisotopic (exact) mass is 1440 g/mol. The maximum Gasteiger partial charge on any atom is 0.343 e. The molecule has 3 aliphatic rings. The third-order valence-electron chi connectivity index (χ3n) is 19.0. The maximum absolute atomic E-state index is 14.9. The van der Waals surface area contributed by atoms with Gasteiger partial charge in [-0.25, -0.2) is 14.4 Å². The Hall–Kier alpha value is -9.45. The lowest BCUT2D eigenvalue weighted by Gasteiger charge is -2.19. The van der Waals surface area contributed by atoms with E-state index in [1.807, 2.05) is 36.4 Å². The van der Waals surface area contributed by atoms with E-state index in [1.54, 1.807) is 57.7 Å².